The highest BCUT2D eigenvalue weighted by Gasteiger charge is 2.52. The van der Waals surface area contributed by atoms with E-state index >= 15 is 0 Å². The third-order valence-electron chi connectivity index (χ3n) is 7.37. The van der Waals surface area contributed by atoms with Gasteiger partial charge in [0.1, 0.15) is 23.1 Å². The second-order valence-electron chi connectivity index (χ2n) is 11.6. The van der Waals surface area contributed by atoms with Crippen molar-refractivity contribution in [2.45, 2.75) is 83.8 Å². The van der Waals surface area contributed by atoms with Crippen LogP contribution in [0.4, 0.5) is 0 Å². The molecule has 2 saturated heterocycles. The van der Waals surface area contributed by atoms with Crippen molar-refractivity contribution in [1.82, 2.24) is 10.2 Å². The summed E-state index contributed by atoms with van der Waals surface area (Å²) in [5.41, 5.74) is 0.251. The Morgan fingerprint density at radius 1 is 1.29 bits per heavy atom. The Morgan fingerprint density at radius 3 is 2.69 bits per heavy atom. The molecule has 0 saturated carbocycles. The number of fused-ring (bicyclic) bond motifs is 4. The van der Waals surface area contributed by atoms with Gasteiger partial charge in [0.15, 0.2) is 0 Å². The van der Waals surface area contributed by atoms with Crippen molar-refractivity contribution in [3.05, 3.63) is 23.8 Å². The van der Waals surface area contributed by atoms with E-state index in [9.17, 15) is 9.59 Å². The van der Waals surface area contributed by atoms with E-state index in [1.807, 2.05) is 43.9 Å². The zero-order chi connectivity index (χ0) is 25.5. The number of ether oxygens (including phenoxy) is 4. The molecule has 0 spiro atoms. The summed E-state index contributed by atoms with van der Waals surface area (Å²) in [5.74, 6) is 1.62. The number of nitrogens with zero attached hydrogens (tertiary/aromatic N) is 1. The maximum absolute atomic E-state index is 13.4. The van der Waals surface area contributed by atoms with Crippen LogP contribution in [0, 0.1) is 11.8 Å². The third kappa shape index (κ3) is 5.59. The van der Waals surface area contributed by atoms with Gasteiger partial charge in [0.2, 0.25) is 11.8 Å². The van der Waals surface area contributed by atoms with Crippen LogP contribution in [-0.4, -0.2) is 66.9 Å². The van der Waals surface area contributed by atoms with Gasteiger partial charge in [-0.15, -0.1) is 0 Å². The minimum absolute atomic E-state index is 0.0459. The third-order valence-corrected chi connectivity index (χ3v) is 7.37. The number of hydrogen-bond acceptors (Lipinski definition) is 6. The van der Waals surface area contributed by atoms with Crippen LogP contribution >= 0.6 is 0 Å². The zero-order valence-electron chi connectivity index (χ0n) is 22.1. The summed E-state index contributed by atoms with van der Waals surface area (Å²) >= 11 is 0. The van der Waals surface area contributed by atoms with E-state index in [1.54, 1.807) is 7.11 Å². The van der Waals surface area contributed by atoms with E-state index in [4.69, 9.17) is 18.9 Å². The molecule has 0 aromatic heterocycles. The van der Waals surface area contributed by atoms with Crippen LogP contribution in [0.15, 0.2) is 18.2 Å². The largest absolute Gasteiger partial charge is 0.497 e. The number of carbonyl (C=O) groups excluding carboxylic acids is 2. The molecule has 3 heterocycles. The van der Waals surface area contributed by atoms with Gasteiger partial charge in [-0.3, -0.25) is 9.59 Å². The number of piperidine rings is 1. The predicted molar refractivity (Wildman–Crippen MR) is 131 cm³/mol. The fourth-order valence-electron chi connectivity index (χ4n) is 5.59. The quantitative estimate of drug-likeness (QED) is 0.683. The minimum atomic E-state index is -0.697. The van der Waals surface area contributed by atoms with Gasteiger partial charge >= 0.3 is 0 Å². The SMILES string of the molecule is COc1ccc2c(c1)OC(C)(C)[C@@H]1C[C@H]3CN(C(=O)[C@H](COC(C)(C)C)NC(C)=O)CC[C@H]3O[C@@H]21. The van der Waals surface area contributed by atoms with E-state index in [-0.39, 0.29) is 42.5 Å². The molecule has 0 bridgehead atoms. The lowest BCUT2D eigenvalue weighted by molar-refractivity contribution is -0.189. The summed E-state index contributed by atoms with van der Waals surface area (Å²) < 4.78 is 24.4. The van der Waals surface area contributed by atoms with Gasteiger partial charge in [-0.25, -0.2) is 0 Å². The van der Waals surface area contributed by atoms with E-state index in [0.717, 1.165) is 29.9 Å². The number of benzene rings is 1. The van der Waals surface area contributed by atoms with Gasteiger partial charge in [-0.05, 0) is 59.6 Å². The minimum Gasteiger partial charge on any atom is -0.497 e. The number of methoxy groups -OCH3 is 1. The summed E-state index contributed by atoms with van der Waals surface area (Å²) in [6.45, 7) is 12.8. The molecule has 0 aliphatic carbocycles. The molecule has 5 atom stereocenters. The van der Waals surface area contributed by atoms with Crippen LogP contribution in [-0.2, 0) is 19.1 Å². The first-order chi connectivity index (χ1) is 16.4. The normalized spacial score (nSPS) is 28.0. The Morgan fingerprint density at radius 2 is 2.03 bits per heavy atom. The molecule has 4 rings (SSSR count). The highest BCUT2D eigenvalue weighted by atomic mass is 16.5. The van der Waals surface area contributed by atoms with Crippen molar-refractivity contribution < 1.29 is 28.5 Å². The van der Waals surface area contributed by atoms with Crippen LogP contribution in [0.2, 0.25) is 0 Å². The van der Waals surface area contributed by atoms with Gasteiger partial charge in [0.25, 0.3) is 0 Å². The lowest BCUT2D eigenvalue weighted by Crippen LogP contribution is -2.58. The Hall–Kier alpha value is -2.32. The molecular formula is C27H40N2O6. The summed E-state index contributed by atoms with van der Waals surface area (Å²) in [7, 11) is 1.65. The molecule has 194 valence electrons. The monoisotopic (exact) mass is 488 g/mol. The standard InChI is InChI=1S/C27H40N2O6/c1-16(30)28-21(15-33-26(2,3)4)25(31)29-11-10-22-17(14-29)12-20-24(34-22)19-9-8-18(32-7)13-23(19)35-27(20,5)6/h8-9,13,17,20-22,24H,10-12,14-15H2,1-7H3,(H,28,30)/t17-,20+,21-,22+,24-/m0/s1. The van der Waals surface area contributed by atoms with Crippen molar-refractivity contribution in [1.29, 1.82) is 0 Å². The van der Waals surface area contributed by atoms with Crippen molar-refractivity contribution >= 4 is 11.8 Å². The molecule has 1 aromatic carbocycles. The molecule has 8 heteroatoms. The van der Waals surface area contributed by atoms with Gasteiger partial charge in [0, 0.05) is 43.5 Å². The number of amides is 2. The lowest BCUT2D eigenvalue weighted by atomic mass is 9.70. The molecule has 1 aromatic rings. The topological polar surface area (TPSA) is 86.3 Å². The first-order valence-electron chi connectivity index (χ1n) is 12.6. The van der Waals surface area contributed by atoms with E-state index < -0.39 is 17.2 Å². The summed E-state index contributed by atoms with van der Waals surface area (Å²) in [6.07, 6.45) is 1.70. The fraction of sp³-hybridized carbons (Fsp3) is 0.704. The first kappa shape index (κ1) is 25.8. The molecule has 2 amide bonds. The second-order valence-corrected chi connectivity index (χ2v) is 11.6. The summed E-state index contributed by atoms with van der Waals surface area (Å²) in [4.78, 5) is 27.1. The Kier molecular flexibility index (Phi) is 7.08. The number of hydrogen-bond donors (Lipinski definition) is 1. The Labute approximate surface area is 208 Å². The number of nitrogens with one attached hydrogen (secondary N) is 1. The highest BCUT2D eigenvalue weighted by molar-refractivity contribution is 5.87. The molecule has 1 N–H and O–H groups in total. The molecule has 3 aliphatic rings. The lowest BCUT2D eigenvalue weighted by Gasteiger charge is -2.53. The molecule has 35 heavy (non-hydrogen) atoms. The number of likely N-dealkylation sites (tertiary alicyclic amines) is 1. The summed E-state index contributed by atoms with van der Waals surface area (Å²) in [5, 5.41) is 2.78. The van der Waals surface area contributed by atoms with Gasteiger partial charge in [0.05, 0.1) is 31.5 Å². The van der Waals surface area contributed by atoms with E-state index in [0.29, 0.717) is 13.1 Å². The predicted octanol–water partition coefficient (Wildman–Crippen LogP) is 3.48. The average Bonchev–Trinajstić information content (AvgIpc) is 2.78. The average molecular weight is 489 g/mol. The molecular weight excluding hydrogens is 448 g/mol. The van der Waals surface area contributed by atoms with Crippen molar-refractivity contribution in [2.24, 2.45) is 11.8 Å². The van der Waals surface area contributed by atoms with Crippen LogP contribution in [0.5, 0.6) is 11.5 Å². The Bertz CT molecular complexity index is 955. The van der Waals surface area contributed by atoms with Crippen LogP contribution in [0.3, 0.4) is 0 Å². The van der Waals surface area contributed by atoms with Crippen LogP contribution in [0.1, 0.15) is 66.1 Å². The highest BCUT2D eigenvalue weighted by Crippen LogP contribution is 2.53. The first-order valence-corrected chi connectivity index (χ1v) is 12.6. The van der Waals surface area contributed by atoms with Crippen molar-refractivity contribution in [3.63, 3.8) is 0 Å². The van der Waals surface area contributed by atoms with Crippen molar-refractivity contribution in [3.8, 4) is 11.5 Å². The Balaban J connectivity index is 1.49. The van der Waals surface area contributed by atoms with E-state index in [1.165, 1.54) is 6.92 Å². The fourth-order valence-corrected chi connectivity index (χ4v) is 5.59. The van der Waals surface area contributed by atoms with Gasteiger partial charge in [-0.2, -0.15) is 0 Å². The zero-order valence-corrected chi connectivity index (χ0v) is 22.1. The number of rotatable bonds is 5. The number of carbonyl (C=O) groups is 2. The van der Waals surface area contributed by atoms with Crippen LogP contribution in [0.25, 0.3) is 0 Å². The van der Waals surface area contributed by atoms with Gasteiger partial charge < -0.3 is 29.2 Å². The van der Waals surface area contributed by atoms with Crippen molar-refractivity contribution in [2.75, 3.05) is 26.8 Å². The molecule has 3 aliphatic heterocycles. The second kappa shape index (κ2) is 9.62. The maximum Gasteiger partial charge on any atom is 0.247 e. The maximum atomic E-state index is 13.4. The molecule has 0 radical (unpaired) electrons. The molecule has 8 nitrogen and oxygen atoms in total. The van der Waals surface area contributed by atoms with Crippen LogP contribution < -0.4 is 14.8 Å². The molecule has 0 unspecified atom stereocenters. The molecule has 2 fully saturated rings. The van der Waals surface area contributed by atoms with Gasteiger partial charge in [-0.1, -0.05) is 0 Å². The summed E-state index contributed by atoms with van der Waals surface area (Å²) in [6, 6.07) is 5.24. The smallest absolute Gasteiger partial charge is 0.247 e. The van der Waals surface area contributed by atoms with E-state index in [2.05, 4.69) is 19.2 Å².